The Bertz CT molecular complexity index is 1020. The number of nitrogens with two attached hydrogens (primary N) is 2. The Morgan fingerprint density at radius 1 is 1.16 bits per heavy atom. The van der Waals surface area contributed by atoms with Gasteiger partial charge in [-0.2, -0.15) is 0 Å². The molecule has 0 bridgehead atoms. The molecule has 0 aliphatic carbocycles. The molecule has 0 atom stereocenters. The van der Waals surface area contributed by atoms with Crippen LogP contribution in [0.5, 0.6) is 5.75 Å². The molecule has 7 nitrogen and oxygen atoms in total. The number of nitrogens with zero attached hydrogens (tertiary/aromatic N) is 3. The number of carbonyl (C=O) groups excluding carboxylic acids is 1. The molecular formula is C18H21N5O2. The predicted molar refractivity (Wildman–Crippen MR) is 97.3 cm³/mol. The molecule has 0 saturated heterocycles. The molecule has 2 heterocycles. The highest BCUT2D eigenvalue weighted by Crippen LogP contribution is 2.36. The number of rotatable bonds is 3. The van der Waals surface area contributed by atoms with Gasteiger partial charge in [0.25, 0.3) is 5.91 Å². The summed E-state index contributed by atoms with van der Waals surface area (Å²) >= 11 is 0. The van der Waals surface area contributed by atoms with Crippen LogP contribution < -0.4 is 16.2 Å². The Labute approximate surface area is 145 Å². The van der Waals surface area contributed by atoms with Gasteiger partial charge in [0.15, 0.2) is 5.65 Å². The van der Waals surface area contributed by atoms with Gasteiger partial charge in [-0.3, -0.25) is 9.36 Å². The third kappa shape index (κ3) is 2.39. The quantitative estimate of drug-likeness (QED) is 0.761. The highest BCUT2D eigenvalue weighted by Gasteiger charge is 2.25. The molecule has 0 aliphatic rings. The number of nitrogen functional groups attached to an aromatic ring is 1. The van der Waals surface area contributed by atoms with E-state index < -0.39 is 5.91 Å². The zero-order chi connectivity index (χ0) is 18.5. The number of fused-ring (bicyclic) bond motifs is 1. The van der Waals surface area contributed by atoms with Crippen molar-refractivity contribution in [1.82, 2.24) is 14.5 Å². The van der Waals surface area contributed by atoms with Crippen LogP contribution in [0.1, 0.15) is 33.0 Å². The molecule has 2 aromatic heterocycles. The summed E-state index contributed by atoms with van der Waals surface area (Å²) in [5, 5.41) is 0.581. The van der Waals surface area contributed by atoms with Crippen molar-refractivity contribution >= 4 is 22.8 Å². The number of benzene rings is 1. The molecule has 25 heavy (non-hydrogen) atoms. The third-order valence-corrected chi connectivity index (χ3v) is 4.41. The van der Waals surface area contributed by atoms with Crippen LogP contribution in [0.25, 0.3) is 16.7 Å². The van der Waals surface area contributed by atoms with Crippen LogP contribution in [-0.4, -0.2) is 27.6 Å². The molecule has 0 spiro atoms. The number of primary amides is 1. The second-order valence-electron chi connectivity index (χ2n) is 6.07. The lowest BCUT2D eigenvalue weighted by atomic mass is 10.1. The number of ether oxygens (including phenoxy) is 1. The van der Waals surface area contributed by atoms with Crippen molar-refractivity contribution in [3.05, 3.63) is 40.3 Å². The highest BCUT2D eigenvalue weighted by atomic mass is 16.5. The molecule has 0 saturated carbocycles. The second-order valence-corrected chi connectivity index (χ2v) is 6.07. The lowest BCUT2D eigenvalue weighted by Crippen LogP contribution is -2.14. The molecule has 0 fully saturated rings. The molecule has 0 radical (unpaired) electrons. The minimum atomic E-state index is -0.602. The maximum atomic E-state index is 12.1. The SMILES string of the molecule is COc1ccc(C)c(-n2c(N)c(C(N)=O)c3c(C)nc(C)nc32)c1C. The number of hydrogen-bond acceptors (Lipinski definition) is 5. The summed E-state index contributed by atoms with van der Waals surface area (Å²) in [4.78, 5) is 21.0. The first-order valence-electron chi connectivity index (χ1n) is 7.87. The number of anilines is 1. The van der Waals surface area contributed by atoms with Crippen LogP contribution in [0.15, 0.2) is 12.1 Å². The number of amides is 1. The summed E-state index contributed by atoms with van der Waals surface area (Å²) in [6.45, 7) is 7.53. The summed E-state index contributed by atoms with van der Waals surface area (Å²) in [5.74, 6) is 0.975. The van der Waals surface area contributed by atoms with Crippen LogP contribution >= 0.6 is 0 Å². The molecule has 1 aromatic carbocycles. The van der Waals surface area contributed by atoms with Crippen molar-refractivity contribution in [1.29, 1.82) is 0 Å². The number of carbonyl (C=O) groups is 1. The number of methoxy groups -OCH3 is 1. The monoisotopic (exact) mass is 339 g/mol. The van der Waals surface area contributed by atoms with Crippen LogP contribution in [0.2, 0.25) is 0 Å². The smallest absolute Gasteiger partial charge is 0.253 e. The highest BCUT2D eigenvalue weighted by molar-refractivity contribution is 6.11. The first-order chi connectivity index (χ1) is 11.8. The Kier molecular flexibility index (Phi) is 3.87. The van der Waals surface area contributed by atoms with Crippen molar-refractivity contribution in [2.24, 2.45) is 5.73 Å². The van der Waals surface area contributed by atoms with E-state index >= 15 is 0 Å². The fourth-order valence-corrected chi connectivity index (χ4v) is 3.36. The van der Waals surface area contributed by atoms with Gasteiger partial charge in [-0.15, -0.1) is 0 Å². The Morgan fingerprint density at radius 2 is 1.84 bits per heavy atom. The van der Waals surface area contributed by atoms with Crippen molar-refractivity contribution in [2.45, 2.75) is 27.7 Å². The minimum absolute atomic E-state index is 0.245. The van der Waals surface area contributed by atoms with Gasteiger partial charge in [0.05, 0.1) is 29.4 Å². The molecule has 3 rings (SSSR count). The maximum absolute atomic E-state index is 12.1. The summed E-state index contributed by atoms with van der Waals surface area (Å²) in [6, 6.07) is 3.84. The molecule has 4 N–H and O–H groups in total. The third-order valence-electron chi connectivity index (χ3n) is 4.41. The standard InChI is InChI=1S/C18H21N5O2/c1-8-6-7-12(25-5)9(2)15(8)23-16(19)14(17(20)24)13-10(3)21-11(4)22-18(13)23/h6-7H,19H2,1-5H3,(H2,20,24). The lowest BCUT2D eigenvalue weighted by Gasteiger charge is -2.16. The normalized spacial score (nSPS) is 11.1. The second kappa shape index (κ2) is 5.77. The fourth-order valence-electron chi connectivity index (χ4n) is 3.36. The van der Waals surface area contributed by atoms with Gasteiger partial charge >= 0.3 is 0 Å². The number of aryl methyl sites for hydroxylation is 3. The van der Waals surface area contributed by atoms with Crippen LogP contribution in [0.3, 0.4) is 0 Å². The van der Waals surface area contributed by atoms with Gasteiger partial charge in [-0.1, -0.05) is 6.07 Å². The average molecular weight is 339 g/mol. The molecule has 3 aromatic rings. The summed E-state index contributed by atoms with van der Waals surface area (Å²) in [6.07, 6.45) is 0. The van der Waals surface area contributed by atoms with Crippen molar-refractivity contribution < 1.29 is 9.53 Å². The Balaban J connectivity index is 2.55. The van der Waals surface area contributed by atoms with Gasteiger partial charge in [0.2, 0.25) is 0 Å². The van der Waals surface area contributed by atoms with Crippen LogP contribution in [0, 0.1) is 27.7 Å². The zero-order valence-corrected chi connectivity index (χ0v) is 15.0. The average Bonchev–Trinajstić information content (AvgIpc) is 2.81. The van der Waals surface area contributed by atoms with Crippen LogP contribution in [0.4, 0.5) is 5.82 Å². The fraction of sp³-hybridized carbons (Fsp3) is 0.278. The van der Waals surface area contributed by atoms with E-state index in [1.807, 2.05) is 32.9 Å². The first kappa shape index (κ1) is 16.8. The van der Waals surface area contributed by atoms with Gasteiger partial charge in [0, 0.05) is 5.56 Å². The maximum Gasteiger partial charge on any atom is 0.253 e. The molecule has 1 amide bonds. The zero-order valence-electron chi connectivity index (χ0n) is 15.0. The van der Waals surface area contributed by atoms with E-state index in [1.165, 1.54) is 0 Å². The van der Waals surface area contributed by atoms with Crippen molar-refractivity contribution in [3.63, 3.8) is 0 Å². The van der Waals surface area contributed by atoms with E-state index in [1.54, 1.807) is 18.6 Å². The van der Waals surface area contributed by atoms with Gasteiger partial charge in [-0.05, 0) is 39.3 Å². The van der Waals surface area contributed by atoms with E-state index in [2.05, 4.69) is 9.97 Å². The van der Waals surface area contributed by atoms with E-state index in [0.717, 1.165) is 22.6 Å². The minimum Gasteiger partial charge on any atom is -0.496 e. The largest absolute Gasteiger partial charge is 0.496 e. The lowest BCUT2D eigenvalue weighted by molar-refractivity contribution is 0.100. The predicted octanol–water partition coefficient (Wildman–Crippen LogP) is 2.34. The first-order valence-corrected chi connectivity index (χ1v) is 7.87. The summed E-state index contributed by atoms with van der Waals surface area (Å²) in [7, 11) is 1.61. The molecule has 130 valence electrons. The number of aromatic nitrogens is 3. The molecule has 7 heteroatoms. The van der Waals surface area contributed by atoms with E-state index in [0.29, 0.717) is 22.6 Å². The Morgan fingerprint density at radius 3 is 2.44 bits per heavy atom. The van der Waals surface area contributed by atoms with Gasteiger partial charge in [-0.25, -0.2) is 9.97 Å². The number of hydrogen-bond donors (Lipinski definition) is 2. The van der Waals surface area contributed by atoms with E-state index in [4.69, 9.17) is 16.2 Å². The topological polar surface area (TPSA) is 109 Å². The van der Waals surface area contributed by atoms with Crippen LogP contribution in [-0.2, 0) is 0 Å². The molecular weight excluding hydrogens is 318 g/mol. The molecule has 0 unspecified atom stereocenters. The van der Waals surface area contributed by atoms with Gasteiger partial charge < -0.3 is 16.2 Å². The van der Waals surface area contributed by atoms with Crippen molar-refractivity contribution in [3.8, 4) is 11.4 Å². The molecule has 0 aliphatic heterocycles. The van der Waals surface area contributed by atoms with Crippen molar-refractivity contribution in [2.75, 3.05) is 12.8 Å². The van der Waals surface area contributed by atoms with E-state index in [9.17, 15) is 4.79 Å². The van der Waals surface area contributed by atoms with E-state index in [-0.39, 0.29) is 11.4 Å². The summed E-state index contributed by atoms with van der Waals surface area (Å²) in [5.41, 5.74) is 16.1. The summed E-state index contributed by atoms with van der Waals surface area (Å²) < 4.78 is 7.21. The Hall–Kier alpha value is -3.09. The van der Waals surface area contributed by atoms with Gasteiger partial charge in [0.1, 0.15) is 17.4 Å².